The summed E-state index contributed by atoms with van der Waals surface area (Å²) in [7, 11) is 0. The standard InChI is InChI=1S/C15H14ClN7O3/c1-10-13(16)14(23(25)26)19-22(10)8-12(24)18-15-17-9-21(20-15)7-11-5-3-2-4-6-11/h2-6,9H,7-8H2,1H3,(H,18,20,24). The first-order chi connectivity index (χ1) is 12.4. The van der Waals surface area contributed by atoms with Crippen molar-refractivity contribution in [3.05, 3.63) is 63.1 Å². The zero-order chi connectivity index (χ0) is 18.7. The summed E-state index contributed by atoms with van der Waals surface area (Å²) in [5.41, 5.74) is 1.38. The highest BCUT2D eigenvalue weighted by Gasteiger charge is 2.25. The van der Waals surface area contributed by atoms with E-state index in [0.29, 0.717) is 12.2 Å². The van der Waals surface area contributed by atoms with Crippen molar-refractivity contribution in [1.29, 1.82) is 0 Å². The van der Waals surface area contributed by atoms with Crippen LogP contribution < -0.4 is 5.32 Å². The number of nitro groups is 1. The molecule has 0 saturated carbocycles. The molecule has 1 N–H and O–H groups in total. The first-order valence-electron chi connectivity index (χ1n) is 7.54. The lowest BCUT2D eigenvalue weighted by Gasteiger charge is -2.01. The van der Waals surface area contributed by atoms with E-state index < -0.39 is 16.6 Å². The maximum atomic E-state index is 12.1. The van der Waals surface area contributed by atoms with Gasteiger partial charge in [0.25, 0.3) is 5.91 Å². The fourth-order valence-corrected chi connectivity index (χ4v) is 2.48. The molecule has 0 saturated heterocycles. The molecular weight excluding hydrogens is 362 g/mol. The molecule has 1 aromatic carbocycles. The Labute approximate surface area is 152 Å². The summed E-state index contributed by atoms with van der Waals surface area (Å²) in [6.45, 7) is 1.82. The molecule has 2 aromatic heterocycles. The van der Waals surface area contributed by atoms with E-state index in [1.54, 1.807) is 11.6 Å². The zero-order valence-corrected chi connectivity index (χ0v) is 14.4. The first kappa shape index (κ1) is 17.5. The Kier molecular flexibility index (Phi) is 4.94. The van der Waals surface area contributed by atoms with E-state index in [2.05, 4.69) is 20.5 Å². The number of aromatic nitrogens is 5. The van der Waals surface area contributed by atoms with Crippen LogP contribution >= 0.6 is 11.6 Å². The summed E-state index contributed by atoms with van der Waals surface area (Å²) in [4.78, 5) is 26.3. The molecule has 10 nitrogen and oxygen atoms in total. The van der Waals surface area contributed by atoms with Gasteiger partial charge < -0.3 is 10.1 Å². The van der Waals surface area contributed by atoms with Crippen LogP contribution in [-0.2, 0) is 17.9 Å². The molecule has 134 valence electrons. The summed E-state index contributed by atoms with van der Waals surface area (Å²) in [5.74, 6) is -0.821. The van der Waals surface area contributed by atoms with Crippen molar-refractivity contribution < 1.29 is 9.72 Å². The number of rotatable bonds is 6. The Hall–Kier alpha value is -3.27. The molecule has 0 fully saturated rings. The molecular formula is C15H14ClN7O3. The van der Waals surface area contributed by atoms with Crippen molar-refractivity contribution >= 4 is 29.3 Å². The Balaban J connectivity index is 1.64. The monoisotopic (exact) mass is 375 g/mol. The topological polar surface area (TPSA) is 121 Å². The molecule has 3 rings (SSSR count). The first-order valence-corrected chi connectivity index (χ1v) is 7.92. The number of nitrogens with zero attached hydrogens (tertiary/aromatic N) is 6. The number of hydrogen-bond donors (Lipinski definition) is 1. The van der Waals surface area contributed by atoms with Crippen LogP contribution in [0.25, 0.3) is 0 Å². The Bertz CT molecular complexity index is 952. The summed E-state index contributed by atoms with van der Waals surface area (Å²) in [6.07, 6.45) is 1.50. The van der Waals surface area contributed by atoms with Crippen LogP contribution in [0, 0.1) is 17.0 Å². The molecule has 0 aliphatic carbocycles. The molecule has 0 spiro atoms. The van der Waals surface area contributed by atoms with E-state index in [0.717, 1.165) is 10.2 Å². The van der Waals surface area contributed by atoms with Gasteiger partial charge in [0.05, 0.1) is 17.3 Å². The minimum atomic E-state index is -0.698. The largest absolute Gasteiger partial charge is 0.408 e. The van der Waals surface area contributed by atoms with Gasteiger partial charge in [-0.05, 0) is 17.4 Å². The average molecular weight is 376 g/mol. The summed E-state index contributed by atoms with van der Waals surface area (Å²) < 4.78 is 2.75. The molecule has 3 aromatic rings. The summed E-state index contributed by atoms with van der Waals surface area (Å²) in [5, 5.41) is 21.2. The highest BCUT2D eigenvalue weighted by Crippen LogP contribution is 2.26. The molecule has 0 aliphatic rings. The van der Waals surface area contributed by atoms with Crippen molar-refractivity contribution in [1.82, 2.24) is 24.5 Å². The molecule has 26 heavy (non-hydrogen) atoms. The third kappa shape index (κ3) is 3.86. The lowest BCUT2D eigenvalue weighted by molar-refractivity contribution is -0.389. The molecule has 11 heteroatoms. The minimum Gasteiger partial charge on any atom is -0.358 e. The van der Waals surface area contributed by atoms with Crippen LogP contribution in [-0.4, -0.2) is 35.4 Å². The SMILES string of the molecule is Cc1c(Cl)c([N+](=O)[O-])nn1CC(=O)Nc1ncn(Cc2ccccc2)n1. The van der Waals surface area contributed by atoms with Gasteiger partial charge in [-0.2, -0.15) is 4.68 Å². The van der Waals surface area contributed by atoms with Crippen LogP contribution in [0.1, 0.15) is 11.3 Å². The number of halogens is 1. The molecule has 0 atom stereocenters. The maximum absolute atomic E-state index is 12.1. The lowest BCUT2D eigenvalue weighted by atomic mass is 10.2. The number of carbonyl (C=O) groups is 1. The van der Waals surface area contributed by atoms with E-state index in [1.165, 1.54) is 6.33 Å². The highest BCUT2D eigenvalue weighted by molar-refractivity contribution is 6.33. The predicted molar refractivity (Wildman–Crippen MR) is 92.8 cm³/mol. The number of hydrogen-bond acceptors (Lipinski definition) is 6. The van der Waals surface area contributed by atoms with Crippen LogP contribution in [0.3, 0.4) is 0 Å². The van der Waals surface area contributed by atoms with Crippen LogP contribution in [0.2, 0.25) is 5.02 Å². The fraction of sp³-hybridized carbons (Fsp3) is 0.200. The van der Waals surface area contributed by atoms with Gasteiger partial charge >= 0.3 is 5.82 Å². The Morgan fingerprint density at radius 2 is 2.04 bits per heavy atom. The van der Waals surface area contributed by atoms with Gasteiger partial charge in [0.15, 0.2) is 5.02 Å². The highest BCUT2D eigenvalue weighted by atomic mass is 35.5. The molecule has 0 bridgehead atoms. The average Bonchev–Trinajstić information content (AvgIpc) is 3.15. The van der Waals surface area contributed by atoms with E-state index in [1.807, 2.05) is 30.3 Å². The van der Waals surface area contributed by atoms with Crippen molar-refractivity contribution in [2.24, 2.45) is 0 Å². The van der Waals surface area contributed by atoms with E-state index in [4.69, 9.17) is 11.6 Å². The quantitative estimate of drug-likeness (QED) is 0.519. The predicted octanol–water partition coefficient (Wildman–Crippen LogP) is 2.03. The Morgan fingerprint density at radius 3 is 2.69 bits per heavy atom. The fourth-order valence-electron chi connectivity index (χ4n) is 2.28. The maximum Gasteiger partial charge on any atom is 0.408 e. The third-order valence-electron chi connectivity index (χ3n) is 3.56. The number of amides is 1. The summed E-state index contributed by atoms with van der Waals surface area (Å²) in [6, 6.07) is 9.68. The van der Waals surface area contributed by atoms with Crippen LogP contribution in [0.5, 0.6) is 0 Å². The van der Waals surface area contributed by atoms with Crippen molar-refractivity contribution in [3.8, 4) is 0 Å². The van der Waals surface area contributed by atoms with Gasteiger partial charge in [0, 0.05) is 0 Å². The smallest absolute Gasteiger partial charge is 0.358 e. The van der Waals surface area contributed by atoms with Crippen LogP contribution in [0.4, 0.5) is 11.8 Å². The number of benzene rings is 1. The number of anilines is 1. The molecule has 0 unspecified atom stereocenters. The molecule has 2 heterocycles. The second-order valence-electron chi connectivity index (χ2n) is 5.44. The third-order valence-corrected chi connectivity index (χ3v) is 4.00. The normalized spacial score (nSPS) is 10.7. The van der Waals surface area contributed by atoms with E-state index in [9.17, 15) is 14.9 Å². The lowest BCUT2D eigenvalue weighted by Crippen LogP contribution is -2.21. The van der Waals surface area contributed by atoms with Gasteiger partial charge in [-0.1, -0.05) is 41.9 Å². The number of carbonyl (C=O) groups excluding carboxylic acids is 1. The second-order valence-corrected chi connectivity index (χ2v) is 5.82. The van der Waals surface area contributed by atoms with Crippen LogP contribution in [0.15, 0.2) is 36.7 Å². The van der Waals surface area contributed by atoms with Gasteiger partial charge in [-0.15, -0.1) is 5.10 Å². The zero-order valence-electron chi connectivity index (χ0n) is 13.7. The molecule has 1 amide bonds. The van der Waals surface area contributed by atoms with E-state index >= 15 is 0 Å². The number of nitrogens with one attached hydrogen (secondary N) is 1. The van der Waals surface area contributed by atoms with Gasteiger partial charge in [0.1, 0.15) is 12.9 Å². The van der Waals surface area contributed by atoms with Crippen molar-refractivity contribution in [3.63, 3.8) is 0 Å². The summed E-state index contributed by atoms with van der Waals surface area (Å²) >= 11 is 5.85. The second kappa shape index (κ2) is 7.31. The minimum absolute atomic E-state index is 0.0898. The van der Waals surface area contributed by atoms with E-state index in [-0.39, 0.29) is 17.5 Å². The van der Waals surface area contributed by atoms with Crippen molar-refractivity contribution in [2.75, 3.05) is 5.32 Å². The molecule has 0 aliphatic heterocycles. The van der Waals surface area contributed by atoms with Crippen molar-refractivity contribution in [2.45, 2.75) is 20.0 Å². The van der Waals surface area contributed by atoms with Gasteiger partial charge in [0.2, 0.25) is 5.95 Å². The molecule has 0 radical (unpaired) electrons. The Morgan fingerprint density at radius 1 is 1.31 bits per heavy atom. The van der Waals surface area contributed by atoms with Gasteiger partial charge in [-0.25, -0.2) is 9.67 Å². The van der Waals surface area contributed by atoms with Gasteiger partial charge in [-0.3, -0.25) is 10.1 Å².